The first-order chi connectivity index (χ1) is 8.59. The quantitative estimate of drug-likeness (QED) is 0.333. The first-order valence-electron chi connectivity index (χ1n) is 5.05. The van der Waals surface area contributed by atoms with Gasteiger partial charge in [-0.3, -0.25) is 9.59 Å². The molecule has 7 nitrogen and oxygen atoms in total. The van der Waals surface area contributed by atoms with Crippen LogP contribution in [-0.2, 0) is 0 Å². The van der Waals surface area contributed by atoms with Gasteiger partial charge in [-0.05, 0) is 12.1 Å². The molecular formula is C11H7N3O4. The Morgan fingerprint density at radius 1 is 1.00 bits per heavy atom. The minimum absolute atomic E-state index is 0.0409. The van der Waals surface area contributed by atoms with Gasteiger partial charge in [0.2, 0.25) is 5.43 Å². The molecule has 2 heterocycles. The molecule has 0 fully saturated rings. The number of nitrogens with zero attached hydrogens (tertiary/aromatic N) is 3. The van der Waals surface area contributed by atoms with Gasteiger partial charge >= 0.3 is 5.56 Å². The maximum absolute atomic E-state index is 11.2. The van der Waals surface area contributed by atoms with E-state index in [-0.39, 0.29) is 22.6 Å². The fourth-order valence-corrected chi connectivity index (χ4v) is 1.84. The molecule has 0 amide bonds. The van der Waals surface area contributed by atoms with Gasteiger partial charge in [-0.1, -0.05) is 12.1 Å². The van der Waals surface area contributed by atoms with Gasteiger partial charge in [0.15, 0.2) is 5.82 Å². The summed E-state index contributed by atoms with van der Waals surface area (Å²) in [7, 11) is 0. The van der Waals surface area contributed by atoms with Crippen LogP contribution in [0.15, 0.2) is 39.9 Å². The number of hydrogen-bond donors (Lipinski definition) is 2. The molecule has 90 valence electrons. The maximum atomic E-state index is 11.2. The molecule has 18 heavy (non-hydrogen) atoms. The van der Waals surface area contributed by atoms with Gasteiger partial charge in [-0.25, -0.2) is 0 Å². The highest BCUT2D eigenvalue weighted by Crippen LogP contribution is 2.22. The predicted molar refractivity (Wildman–Crippen MR) is 61.3 cm³/mol. The van der Waals surface area contributed by atoms with Gasteiger partial charge in [0.25, 0.3) is 0 Å². The average molecular weight is 245 g/mol. The van der Waals surface area contributed by atoms with Crippen LogP contribution in [0.3, 0.4) is 0 Å². The van der Waals surface area contributed by atoms with Gasteiger partial charge in [0.05, 0.1) is 0 Å². The molecule has 1 aromatic carbocycles. The Hall–Kier alpha value is -2.83. The van der Waals surface area contributed by atoms with Crippen LogP contribution < -0.4 is 11.0 Å². The molecule has 0 unspecified atom stereocenters. The van der Waals surface area contributed by atoms with E-state index in [4.69, 9.17) is 0 Å². The summed E-state index contributed by atoms with van der Waals surface area (Å²) in [6, 6.07) is 7.34. The molecule has 0 bridgehead atoms. The third-order valence-electron chi connectivity index (χ3n) is 2.68. The van der Waals surface area contributed by atoms with Crippen LogP contribution in [0.2, 0.25) is 0 Å². The lowest BCUT2D eigenvalue weighted by Gasteiger charge is -2.15. The van der Waals surface area contributed by atoms with Crippen LogP contribution in [0.25, 0.3) is 22.6 Å². The zero-order chi connectivity index (χ0) is 12.9. The van der Waals surface area contributed by atoms with Gasteiger partial charge in [0, 0.05) is 6.07 Å². The van der Waals surface area contributed by atoms with E-state index in [1.54, 1.807) is 24.3 Å². The first kappa shape index (κ1) is 10.3. The van der Waals surface area contributed by atoms with Crippen molar-refractivity contribution in [2.75, 3.05) is 0 Å². The van der Waals surface area contributed by atoms with Crippen molar-refractivity contribution in [1.29, 1.82) is 0 Å². The zero-order valence-electron chi connectivity index (χ0n) is 8.94. The van der Waals surface area contributed by atoms with Crippen molar-refractivity contribution in [3.63, 3.8) is 0 Å². The van der Waals surface area contributed by atoms with Crippen LogP contribution in [0.1, 0.15) is 0 Å². The number of para-hydroxylation sites is 2. The predicted octanol–water partition coefficient (Wildman–Crippen LogP) is 0.138. The Bertz CT molecular complexity index is 778. The third kappa shape index (κ3) is 1.21. The van der Waals surface area contributed by atoms with Gasteiger partial charge in [0.1, 0.15) is 16.7 Å². The van der Waals surface area contributed by atoms with Gasteiger partial charge in [-0.15, -0.1) is 0 Å². The van der Waals surface area contributed by atoms with E-state index in [2.05, 4.69) is 4.98 Å². The summed E-state index contributed by atoms with van der Waals surface area (Å²) in [5.41, 5.74) is -1.33. The SMILES string of the molecule is O=c1cc2n(O)c3ccccc3n(O)c-2nc1=O. The van der Waals surface area contributed by atoms with E-state index in [0.29, 0.717) is 9.46 Å². The molecule has 1 aromatic rings. The Balaban J connectivity index is 2.67. The number of benzene rings is 1. The summed E-state index contributed by atoms with van der Waals surface area (Å²) in [6.45, 7) is 0. The van der Waals surface area contributed by atoms with Crippen molar-refractivity contribution in [3.05, 3.63) is 50.9 Å². The van der Waals surface area contributed by atoms with Crippen LogP contribution in [0.4, 0.5) is 0 Å². The molecule has 0 saturated carbocycles. The van der Waals surface area contributed by atoms with E-state index < -0.39 is 11.0 Å². The molecule has 0 saturated heterocycles. The Morgan fingerprint density at radius 3 is 2.28 bits per heavy atom. The van der Waals surface area contributed by atoms with E-state index in [1.165, 1.54) is 0 Å². The monoisotopic (exact) mass is 245 g/mol. The average Bonchev–Trinajstić information content (AvgIpc) is 2.38. The number of fused-ring (bicyclic) bond motifs is 2. The van der Waals surface area contributed by atoms with E-state index in [1.807, 2.05) is 0 Å². The highest BCUT2D eigenvalue weighted by molar-refractivity contribution is 5.79. The van der Waals surface area contributed by atoms with Gasteiger partial charge in [-0.2, -0.15) is 14.4 Å². The number of rotatable bonds is 0. The summed E-state index contributed by atoms with van der Waals surface area (Å²) in [5.74, 6) is -0.180. The van der Waals surface area contributed by atoms with Crippen LogP contribution in [-0.4, -0.2) is 24.9 Å². The topological polar surface area (TPSA) is 97.3 Å². The number of aromatic nitrogens is 3. The number of hydrogen-bond acceptors (Lipinski definition) is 5. The highest BCUT2D eigenvalue weighted by atomic mass is 16.5. The Morgan fingerprint density at radius 2 is 1.61 bits per heavy atom. The minimum atomic E-state index is -0.986. The molecule has 2 aliphatic heterocycles. The molecule has 7 heteroatoms. The summed E-state index contributed by atoms with van der Waals surface area (Å²) in [5, 5.41) is 19.9. The molecule has 2 aliphatic rings. The zero-order valence-corrected chi connectivity index (χ0v) is 8.94. The lowest BCUT2D eigenvalue weighted by molar-refractivity contribution is 0.174. The number of pyridine rings is 1. The first-order valence-corrected chi connectivity index (χ1v) is 5.05. The summed E-state index contributed by atoms with van der Waals surface area (Å²) < 4.78 is 1.38. The lowest BCUT2D eigenvalue weighted by Crippen LogP contribution is -2.30. The van der Waals surface area contributed by atoms with Crippen molar-refractivity contribution < 1.29 is 10.4 Å². The maximum Gasteiger partial charge on any atom is 0.319 e. The van der Waals surface area contributed by atoms with Crippen LogP contribution in [0.5, 0.6) is 0 Å². The second-order valence-corrected chi connectivity index (χ2v) is 3.75. The Kier molecular flexibility index (Phi) is 1.91. The van der Waals surface area contributed by atoms with Crippen molar-refractivity contribution in [2.45, 2.75) is 0 Å². The fourth-order valence-electron chi connectivity index (χ4n) is 1.84. The molecule has 0 aliphatic carbocycles. The normalized spacial score (nSPS) is 11.1. The van der Waals surface area contributed by atoms with Crippen molar-refractivity contribution in [3.8, 4) is 11.5 Å². The smallest absolute Gasteiger partial charge is 0.319 e. The van der Waals surface area contributed by atoms with Gasteiger partial charge < -0.3 is 10.4 Å². The third-order valence-corrected chi connectivity index (χ3v) is 2.68. The van der Waals surface area contributed by atoms with Crippen molar-refractivity contribution in [1.82, 2.24) is 14.4 Å². The van der Waals surface area contributed by atoms with Crippen LogP contribution in [0, 0.1) is 0 Å². The minimum Gasteiger partial charge on any atom is -0.428 e. The highest BCUT2D eigenvalue weighted by Gasteiger charge is 2.18. The molecule has 0 radical (unpaired) electrons. The molecular weight excluding hydrogens is 238 g/mol. The second kappa shape index (κ2) is 3.33. The van der Waals surface area contributed by atoms with E-state index in [9.17, 15) is 20.0 Å². The van der Waals surface area contributed by atoms with E-state index in [0.717, 1.165) is 6.07 Å². The Labute approximate surface area is 99.0 Å². The molecule has 0 aromatic heterocycles. The van der Waals surface area contributed by atoms with Crippen molar-refractivity contribution in [2.24, 2.45) is 0 Å². The standard InChI is InChI=1S/C11H7N3O4/c15-9-5-8-10(12-11(9)16)14(18)7-4-2-1-3-6(7)13(8)17/h1-5,17-18H. The fraction of sp³-hybridized carbons (Fsp3) is 0. The van der Waals surface area contributed by atoms with Crippen LogP contribution >= 0.6 is 0 Å². The molecule has 3 rings (SSSR count). The van der Waals surface area contributed by atoms with Crippen molar-refractivity contribution >= 4 is 11.0 Å². The summed E-state index contributed by atoms with van der Waals surface area (Å²) in [6.07, 6.45) is 0. The molecule has 2 N–H and O–H groups in total. The second-order valence-electron chi connectivity index (χ2n) is 3.75. The van der Waals surface area contributed by atoms with E-state index >= 15 is 0 Å². The largest absolute Gasteiger partial charge is 0.428 e. The summed E-state index contributed by atoms with van der Waals surface area (Å²) >= 11 is 0. The lowest BCUT2D eigenvalue weighted by atomic mass is 10.2. The molecule has 0 spiro atoms. The molecule has 0 atom stereocenters. The summed E-state index contributed by atoms with van der Waals surface area (Å²) in [4.78, 5) is 25.9.